The lowest BCUT2D eigenvalue weighted by molar-refractivity contribution is -0.160. The van der Waals surface area contributed by atoms with Crippen LogP contribution in [0, 0.1) is 29.6 Å². The van der Waals surface area contributed by atoms with Gasteiger partial charge >= 0.3 is 0 Å². The molecule has 10 nitrogen and oxygen atoms in total. The van der Waals surface area contributed by atoms with Crippen LogP contribution in [-0.4, -0.2) is 72.9 Å². The van der Waals surface area contributed by atoms with Gasteiger partial charge in [0.2, 0.25) is 5.91 Å². The first-order valence-corrected chi connectivity index (χ1v) is 21.3. The molecule has 1 aromatic carbocycles. The topological polar surface area (TPSA) is 113 Å². The van der Waals surface area contributed by atoms with Crippen molar-refractivity contribution in [1.29, 1.82) is 5.26 Å². The van der Waals surface area contributed by atoms with Gasteiger partial charge in [0.15, 0.2) is 23.0 Å². The Kier molecular flexibility index (Phi) is 28.2. The highest BCUT2D eigenvalue weighted by molar-refractivity contribution is 14.1. The number of benzene rings is 1. The molecule has 4 unspecified atom stereocenters. The van der Waals surface area contributed by atoms with Gasteiger partial charge in [-0.25, -0.2) is 9.56 Å². The molecule has 1 aromatic rings. The number of aryl methyl sites for hydroxylation is 1. The summed E-state index contributed by atoms with van der Waals surface area (Å²) in [7, 11) is 0.605. The zero-order valence-corrected chi connectivity index (χ0v) is 36.1. The summed E-state index contributed by atoms with van der Waals surface area (Å²) in [6.45, 7) is 18.9. The number of carbonyl (C=O) groups is 2. The van der Waals surface area contributed by atoms with E-state index < -0.39 is 8.53 Å². The number of hydrogen-bond acceptors (Lipinski definition) is 8. The molecule has 0 heterocycles. The van der Waals surface area contributed by atoms with E-state index in [1.54, 1.807) is 23.0 Å². The number of rotatable bonds is 19. The maximum atomic E-state index is 13.7. The highest BCUT2D eigenvalue weighted by atomic mass is 127. The molecule has 52 heavy (non-hydrogen) atoms. The summed E-state index contributed by atoms with van der Waals surface area (Å²) in [6, 6.07) is 10.5. The molecule has 2 aliphatic rings. The maximum absolute atomic E-state index is 13.7. The van der Waals surface area contributed by atoms with Crippen LogP contribution < -0.4 is 5.32 Å². The maximum Gasteiger partial charge on any atom is 0.259 e. The number of nitriles is 1. The van der Waals surface area contributed by atoms with E-state index in [1.165, 1.54) is 6.42 Å². The molecular formula is C40H72IN4O6P. The van der Waals surface area contributed by atoms with Gasteiger partial charge in [0.25, 0.3) is 14.4 Å². The molecule has 0 aliphatic heterocycles. The molecule has 0 radical (unpaired) electrons. The summed E-state index contributed by atoms with van der Waals surface area (Å²) in [4.78, 5) is 32.6. The van der Waals surface area contributed by atoms with Crippen LogP contribution in [-0.2, 0) is 21.9 Å². The molecule has 2 fully saturated rings. The van der Waals surface area contributed by atoms with Crippen molar-refractivity contribution in [2.24, 2.45) is 11.3 Å². The van der Waals surface area contributed by atoms with Crippen molar-refractivity contribution in [3.63, 3.8) is 0 Å². The predicted octanol–water partition coefficient (Wildman–Crippen LogP) is 10.7. The van der Waals surface area contributed by atoms with Gasteiger partial charge in [-0.3, -0.25) is 9.59 Å². The van der Waals surface area contributed by atoms with E-state index in [2.05, 4.69) is 51.9 Å². The van der Waals surface area contributed by atoms with Crippen molar-refractivity contribution < 1.29 is 26.7 Å². The normalized spacial score (nSPS) is 19.9. The van der Waals surface area contributed by atoms with Gasteiger partial charge in [-0.2, -0.15) is 8.48 Å². The van der Waals surface area contributed by atoms with E-state index in [1.807, 2.05) is 63.9 Å². The van der Waals surface area contributed by atoms with Crippen LogP contribution in [0.25, 0.3) is 0 Å². The smallest absolute Gasteiger partial charge is 0.259 e. The van der Waals surface area contributed by atoms with E-state index >= 15 is 0 Å². The summed E-state index contributed by atoms with van der Waals surface area (Å²) in [5.74, 6) is 0.652. The largest absolute Gasteiger partial charge is 0.356 e. The van der Waals surface area contributed by atoms with Gasteiger partial charge in [-0.1, -0.05) is 65.2 Å². The second-order valence-electron chi connectivity index (χ2n) is 13.8. The zero-order chi connectivity index (χ0) is 38.2. The van der Waals surface area contributed by atoms with E-state index in [0.29, 0.717) is 32.1 Å². The molecule has 0 aromatic heterocycles. The first kappa shape index (κ1) is 50.6. The third-order valence-corrected chi connectivity index (χ3v) is 12.0. The van der Waals surface area contributed by atoms with Gasteiger partial charge in [0.1, 0.15) is 0 Å². The number of nitrogens with zero attached hydrogens (tertiary/aromatic N) is 3. The third kappa shape index (κ3) is 17.0. The SMILES string of the molecule is C.CC.CCOOI.Cc1ccccc1C(=O)N(C)CCCCCCNC(=O)C12CCCCC1CC(OP(OCCC#N)N(C(C)C)C(C)C)CC2. The highest BCUT2D eigenvalue weighted by Crippen LogP contribution is 2.55. The fourth-order valence-corrected chi connectivity index (χ4v) is 9.14. The number of halogens is 1. The Bertz CT molecular complexity index is 1150. The van der Waals surface area contributed by atoms with Crippen LogP contribution in [0.4, 0.5) is 0 Å². The molecule has 300 valence electrons. The number of amides is 2. The van der Waals surface area contributed by atoms with Crippen molar-refractivity contribution in [3.05, 3.63) is 35.4 Å². The Morgan fingerprint density at radius 3 is 2.33 bits per heavy atom. The monoisotopic (exact) mass is 862 g/mol. The Morgan fingerprint density at radius 1 is 1.06 bits per heavy atom. The number of fused-ring (bicyclic) bond motifs is 1. The Balaban J connectivity index is 0.00000299. The van der Waals surface area contributed by atoms with Crippen molar-refractivity contribution in [3.8, 4) is 6.07 Å². The fraction of sp³-hybridized carbons (Fsp3) is 0.775. The average Bonchev–Trinajstić information content (AvgIpc) is 3.12. The first-order valence-electron chi connectivity index (χ1n) is 19.3. The van der Waals surface area contributed by atoms with Crippen LogP contribution in [0.3, 0.4) is 0 Å². The predicted molar refractivity (Wildman–Crippen MR) is 223 cm³/mol. The van der Waals surface area contributed by atoms with E-state index in [4.69, 9.17) is 14.3 Å². The van der Waals surface area contributed by atoms with Gasteiger partial charge in [-0.15, -0.1) is 0 Å². The number of carbonyl (C=O) groups excluding carboxylic acids is 2. The van der Waals surface area contributed by atoms with E-state index in [-0.39, 0.29) is 42.8 Å². The van der Waals surface area contributed by atoms with Crippen molar-refractivity contribution in [2.75, 3.05) is 33.4 Å². The van der Waals surface area contributed by atoms with E-state index in [9.17, 15) is 9.59 Å². The van der Waals surface area contributed by atoms with Crippen LogP contribution in [0.2, 0.25) is 0 Å². The summed E-state index contributed by atoms with van der Waals surface area (Å²) in [5, 5.41) is 12.4. The molecule has 0 saturated heterocycles. The first-order chi connectivity index (χ1) is 24.5. The fourth-order valence-electron chi connectivity index (χ4n) is 7.14. The lowest BCUT2D eigenvalue weighted by Crippen LogP contribution is -2.51. The van der Waals surface area contributed by atoms with Crippen LogP contribution in [0.1, 0.15) is 149 Å². The Morgan fingerprint density at radius 2 is 1.73 bits per heavy atom. The van der Waals surface area contributed by atoms with Crippen molar-refractivity contribution >= 4 is 43.3 Å². The Hall–Kier alpha value is -1.39. The molecule has 4 atom stereocenters. The number of hydrogen-bond donors (Lipinski definition) is 1. The number of unbranched alkanes of at least 4 members (excludes halogenated alkanes) is 3. The van der Waals surface area contributed by atoms with Gasteiger partial charge in [0, 0.05) is 37.8 Å². The van der Waals surface area contributed by atoms with Crippen LogP contribution >= 0.6 is 31.5 Å². The lowest BCUT2D eigenvalue weighted by Gasteiger charge is -2.49. The van der Waals surface area contributed by atoms with Crippen molar-refractivity contribution in [2.45, 2.75) is 158 Å². The summed E-state index contributed by atoms with van der Waals surface area (Å²) < 4.78 is 19.3. The van der Waals surface area contributed by atoms with Crippen LogP contribution in [0.15, 0.2) is 24.3 Å². The Labute approximate surface area is 333 Å². The lowest BCUT2D eigenvalue weighted by atomic mass is 9.58. The van der Waals surface area contributed by atoms with Crippen molar-refractivity contribution in [1.82, 2.24) is 14.9 Å². The second kappa shape index (κ2) is 29.0. The minimum absolute atomic E-state index is 0. The molecule has 2 saturated carbocycles. The van der Waals surface area contributed by atoms with Crippen LogP contribution in [0.5, 0.6) is 0 Å². The molecule has 3 rings (SSSR count). The molecule has 2 amide bonds. The minimum atomic E-state index is -1.27. The summed E-state index contributed by atoms with van der Waals surface area (Å²) in [6.07, 6.45) is 11.4. The molecule has 12 heteroatoms. The molecular weight excluding hydrogens is 790 g/mol. The summed E-state index contributed by atoms with van der Waals surface area (Å²) >= 11 is 1.67. The molecule has 1 N–H and O–H groups in total. The van der Waals surface area contributed by atoms with Gasteiger partial charge in [0.05, 0.1) is 37.2 Å². The third-order valence-electron chi connectivity index (χ3n) is 9.61. The summed E-state index contributed by atoms with van der Waals surface area (Å²) in [5.41, 5.74) is 1.50. The van der Waals surface area contributed by atoms with E-state index in [0.717, 1.165) is 81.9 Å². The minimum Gasteiger partial charge on any atom is -0.356 e. The zero-order valence-electron chi connectivity index (χ0n) is 33.0. The second-order valence-corrected chi connectivity index (χ2v) is 15.6. The average molecular weight is 863 g/mol. The standard InChI is InChI=1S/C35H57N4O4P.C2H5IO2.C2H6.CH4/c1-27(2)39(28(3)4)44(42-25-15-22-36)43-31-19-21-35(20-12-11-17-30(35)26-31)34(41)37-23-13-7-8-14-24-38(6)33(40)32-18-10-9-16-29(32)5;1-2-4-5-3;1-2;/h9-10,16,18,27-28,30-31H,7-8,11-15,17,19-21,23-26H2,1-6H3,(H,37,41);2H2,1H3;1-2H3;1H4. The van der Waals surface area contributed by atoms with Gasteiger partial charge < -0.3 is 19.3 Å². The van der Waals surface area contributed by atoms with Gasteiger partial charge in [-0.05, 0) is 104 Å². The quantitative estimate of drug-likeness (QED) is 0.0481. The highest BCUT2D eigenvalue weighted by Gasteiger charge is 2.50. The number of nitrogens with one attached hydrogen (secondary N) is 1. The molecule has 2 aliphatic carbocycles. The molecule has 0 spiro atoms. The molecule has 0 bridgehead atoms.